The smallest absolute Gasteiger partial charge is 0.132 e. The van der Waals surface area contributed by atoms with Gasteiger partial charge in [0.1, 0.15) is 5.82 Å². The van der Waals surface area contributed by atoms with Gasteiger partial charge in [0.2, 0.25) is 0 Å². The third kappa shape index (κ3) is 4.73. The quantitative estimate of drug-likeness (QED) is 0.918. The highest BCUT2D eigenvalue weighted by molar-refractivity contribution is 9.10. The second-order valence-electron chi connectivity index (χ2n) is 4.80. The van der Waals surface area contributed by atoms with E-state index in [9.17, 15) is 0 Å². The average molecular weight is 320 g/mol. The van der Waals surface area contributed by atoms with Gasteiger partial charge in [-0.05, 0) is 23.8 Å². The lowest BCUT2D eigenvalue weighted by atomic mass is 10.1. The molecule has 2 aromatic rings. The lowest BCUT2D eigenvalue weighted by Crippen LogP contribution is -2.22. The van der Waals surface area contributed by atoms with Gasteiger partial charge in [-0.3, -0.25) is 0 Å². The van der Waals surface area contributed by atoms with Crippen molar-refractivity contribution in [2.75, 3.05) is 0 Å². The summed E-state index contributed by atoms with van der Waals surface area (Å²) in [5.41, 5.74) is 2.26. The lowest BCUT2D eigenvalue weighted by molar-refractivity contribution is 0.579. The van der Waals surface area contributed by atoms with Crippen LogP contribution in [0.5, 0.6) is 0 Å². The highest BCUT2D eigenvalue weighted by Gasteiger charge is 2.02. The molecule has 0 spiro atoms. The maximum Gasteiger partial charge on any atom is 0.132 e. The van der Waals surface area contributed by atoms with Crippen molar-refractivity contribution in [2.24, 2.45) is 0 Å². The van der Waals surface area contributed by atoms with E-state index in [1.165, 1.54) is 5.56 Å². The molecule has 0 atom stereocenters. The number of rotatable bonds is 5. The molecule has 0 aliphatic carbocycles. The van der Waals surface area contributed by atoms with Gasteiger partial charge in [0.25, 0.3) is 0 Å². The molecule has 1 aromatic heterocycles. The van der Waals surface area contributed by atoms with Crippen molar-refractivity contribution in [3.8, 4) is 0 Å². The molecule has 0 fully saturated rings. The summed E-state index contributed by atoms with van der Waals surface area (Å²) in [5.74, 6) is 0.866. The molecule has 0 radical (unpaired) electrons. The van der Waals surface area contributed by atoms with Crippen LogP contribution in [0, 0.1) is 0 Å². The topological polar surface area (TPSA) is 37.8 Å². The maximum atomic E-state index is 4.58. The van der Waals surface area contributed by atoms with Crippen molar-refractivity contribution >= 4 is 15.9 Å². The van der Waals surface area contributed by atoms with E-state index in [1.807, 2.05) is 24.4 Å². The molecule has 0 saturated carbocycles. The van der Waals surface area contributed by atoms with Gasteiger partial charge in [0.15, 0.2) is 0 Å². The van der Waals surface area contributed by atoms with E-state index in [2.05, 4.69) is 57.2 Å². The molecule has 0 aliphatic heterocycles. The molecule has 0 aliphatic rings. The minimum Gasteiger partial charge on any atom is -0.309 e. The Bertz CT molecular complexity index is 523. The largest absolute Gasteiger partial charge is 0.309 e. The van der Waals surface area contributed by atoms with Gasteiger partial charge in [-0.2, -0.15) is 0 Å². The van der Waals surface area contributed by atoms with Crippen molar-refractivity contribution in [1.82, 2.24) is 15.3 Å². The van der Waals surface area contributed by atoms with Crippen LogP contribution in [-0.2, 0) is 13.0 Å². The van der Waals surface area contributed by atoms with Gasteiger partial charge in [-0.1, -0.05) is 41.9 Å². The van der Waals surface area contributed by atoms with E-state index in [4.69, 9.17) is 0 Å². The summed E-state index contributed by atoms with van der Waals surface area (Å²) in [6, 6.07) is 10.7. The van der Waals surface area contributed by atoms with Gasteiger partial charge in [-0.25, -0.2) is 9.97 Å². The van der Waals surface area contributed by atoms with Crippen molar-refractivity contribution in [3.05, 3.63) is 58.1 Å². The first kappa shape index (κ1) is 14.2. The van der Waals surface area contributed by atoms with Crippen molar-refractivity contribution in [2.45, 2.75) is 32.9 Å². The van der Waals surface area contributed by atoms with Crippen molar-refractivity contribution in [3.63, 3.8) is 0 Å². The molecule has 4 heteroatoms. The van der Waals surface area contributed by atoms with Crippen LogP contribution < -0.4 is 5.32 Å². The third-order valence-corrected chi connectivity index (χ3v) is 3.26. The summed E-state index contributed by atoms with van der Waals surface area (Å²) in [4.78, 5) is 8.91. The van der Waals surface area contributed by atoms with Gasteiger partial charge in [0.05, 0.1) is 5.69 Å². The first-order valence-electron chi connectivity index (χ1n) is 6.42. The van der Waals surface area contributed by atoms with Gasteiger partial charge in [-0.15, -0.1) is 0 Å². The first-order valence-corrected chi connectivity index (χ1v) is 7.21. The van der Waals surface area contributed by atoms with E-state index >= 15 is 0 Å². The SMILES string of the molecule is CC(C)NCc1ccnc(Cc2ccc(Br)cc2)n1. The van der Waals surface area contributed by atoms with Crippen LogP contribution >= 0.6 is 15.9 Å². The predicted octanol–water partition coefficient (Wildman–Crippen LogP) is 3.33. The summed E-state index contributed by atoms with van der Waals surface area (Å²) in [6.07, 6.45) is 2.60. The molecule has 0 bridgehead atoms. The van der Waals surface area contributed by atoms with Crippen molar-refractivity contribution < 1.29 is 0 Å². The maximum absolute atomic E-state index is 4.58. The first-order chi connectivity index (χ1) is 9.13. The van der Waals surface area contributed by atoms with Crippen LogP contribution in [0.2, 0.25) is 0 Å². The Hall–Kier alpha value is -1.26. The zero-order valence-electron chi connectivity index (χ0n) is 11.2. The van der Waals surface area contributed by atoms with E-state index in [-0.39, 0.29) is 0 Å². The summed E-state index contributed by atoms with van der Waals surface area (Å²) < 4.78 is 1.09. The Labute approximate surface area is 122 Å². The molecule has 2 rings (SSSR count). The molecule has 0 saturated heterocycles. The van der Waals surface area contributed by atoms with Gasteiger partial charge >= 0.3 is 0 Å². The molecular weight excluding hydrogens is 302 g/mol. The number of hydrogen-bond donors (Lipinski definition) is 1. The van der Waals surface area contributed by atoms with E-state index in [0.29, 0.717) is 6.04 Å². The fourth-order valence-electron chi connectivity index (χ4n) is 1.72. The normalized spacial score (nSPS) is 10.9. The molecular formula is C15H18BrN3. The van der Waals surface area contributed by atoms with Crippen LogP contribution in [0.4, 0.5) is 0 Å². The highest BCUT2D eigenvalue weighted by atomic mass is 79.9. The predicted molar refractivity (Wildman–Crippen MR) is 81.0 cm³/mol. The average Bonchev–Trinajstić information content (AvgIpc) is 2.40. The van der Waals surface area contributed by atoms with E-state index in [0.717, 1.165) is 29.0 Å². The number of benzene rings is 1. The third-order valence-electron chi connectivity index (χ3n) is 2.73. The molecule has 0 unspecified atom stereocenters. The van der Waals surface area contributed by atoms with Crippen molar-refractivity contribution in [1.29, 1.82) is 0 Å². The van der Waals surface area contributed by atoms with Crippen LogP contribution in [0.25, 0.3) is 0 Å². The van der Waals surface area contributed by atoms with Crippen LogP contribution in [0.3, 0.4) is 0 Å². The number of hydrogen-bond acceptors (Lipinski definition) is 3. The number of nitrogens with one attached hydrogen (secondary N) is 1. The molecule has 1 aromatic carbocycles. The monoisotopic (exact) mass is 319 g/mol. The van der Waals surface area contributed by atoms with Crippen LogP contribution in [0.15, 0.2) is 41.0 Å². The summed E-state index contributed by atoms with van der Waals surface area (Å²) in [6.45, 7) is 5.04. The van der Waals surface area contributed by atoms with Gasteiger partial charge < -0.3 is 5.32 Å². The van der Waals surface area contributed by atoms with Crippen LogP contribution in [0.1, 0.15) is 30.9 Å². The Kier molecular flexibility index (Phi) is 5.05. The fraction of sp³-hybridized carbons (Fsp3) is 0.333. The summed E-state index contributed by atoms with van der Waals surface area (Å²) >= 11 is 3.44. The minimum absolute atomic E-state index is 0.463. The number of halogens is 1. The Morgan fingerprint density at radius 2 is 1.89 bits per heavy atom. The standard InChI is InChI=1S/C15H18BrN3/c1-11(2)18-10-14-7-8-17-15(19-14)9-12-3-5-13(16)6-4-12/h3-8,11,18H,9-10H2,1-2H3. The molecule has 1 N–H and O–H groups in total. The molecule has 3 nitrogen and oxygen atoms in total. The zero-order chi connectivity index (χ0) is 13.7. The minimum atomic E-state index is 0.463. The van der Waals surface area contributed by atoms with E-state index in [1.54, 1.807) is 0 Å². The Balaban J connectivity index is 2.04. The Morgan fingerprint density at radius 3 is 2.58 bits per heavy atom. The summed E-state index contributed by atoms with van der Waals surface area (Å²) in [5, 5.41) is 3.36. The molecule has 1 heterocycles. The van der Waals surface area contributed by atoms with Crippen LogP contribution in [-0.4, -0.2) is 16.0 Å². The van der Waals surface area contributed by atoms with Gasteiger partial charge in [0, 0.05) is 29.7 Å². The number of nitrogens with zero attached hydrogens (tertiary/aromatic N) is 2. The lowest BCUT2D eigenvalue weighted by Gasteiger charge is -2.08. The van der Waals surface area contributed by atoms with E-state index < -0.39 is 0 Å². The second-order valence-corrected chi connectivity index (χ2v) is 5.72. The Morgan fingerprint density at radius 1 is 1.16 bits per heavy atom. The summed E-state index contributed by atoms with van der Waals surface area (Å²) in [7, 11) is 0. The molecule has 19 heavy (non-hydrogen) atoms. The molecule has 100 valence electrons. The highest BCUT2D eigenvalue weighted by Crippen LogP contribution is 2.12. The fourth-order valence-corrected chi connectivity index (χ4v) is 1.98. The number of aromatic nitrogens is 2. The zero-order valence-corrected chi connectivity index (χ0v) is 12.8. The molecule has 0 amide bonds. The second kappa shape index (κ2) is 6.78.